The molecule has 0 aliphatic heterocycles. The van der Waals surface area contributed by atoms with Gasteiger partial charge in [-0.1, -0.05) is 68.3 Å². The first-order chi connectivity index (χ1) is 20.5. The summed E-state index contributed by atoms with van der Waals surface area (Å²) in [6, 6.07) is 29.9. The number of para-hydroxylation sites is 1. The predicted molar refractivity (Wildman–Crippen MR) is 181 cm³/mol. The van der Waals surface area contributed by atoms with Crippen LogP contribution in [0.3, 0.4) is 0 Å². The lowest BCUT2D eigenvalue weighted by Gasteiger charge is -2.13. The molecule has 6 rings (SSSR count). The first kappa shape index (κ1) is 26.6. The number of nitrogens with zero attached hydrogens (tertiary/aromatic N) is 3. The van der Waals surface area contributed by atoms with Crippen molar-refractivity contribution >= 4 is 50.6 Å². The minimum Gasteiger partial charge on any atom is -0.309 e. The van der Waals surface area contributed by atoms with Gasteiger partial charge in [0.2, 0.25) is 0 Å². The quantitative estimate of drug-likeness (QED) is 0.185. The first-order valence-electron chi connectivity index (χ1n) is 14.0. The molecule has 0 fully saturated rings. The molecule has 0 aliphatic rings. The molecule has 0 amide bonds. The number of hydrogen-bond acceptors (Lipinski definition) is 1. The van der Waals surface area contributed by atoms with Gasteiger partial charge in [0.15, 0.2) is 0 Å². The number of benzene rings is 4. The number of nitriles is 1. The zero-order valence-electron chi connectivity index (χ0n) is 23.9. The second-order valence-corrected chi connectivity index (χ2v) is 10.3. The lowest BCUT2D eigenvalue weighted by Crippen LogP contribution is -2.00. The minimum atomic E-state index is 0.656. The van der Waals surface area contributed by atoms with Gasteiger partial charge in [0.25, 0.3) is 0 Å². The molecule has 0 saturated heterocycles. The van der Waals surface area contributed by atoms with Crippen LogP contribution in [0.2, 0.25) is 0 Å². The Labute approximate surface area is 246 Å². The standard InChI is InChI=1S/C39H31N3/c1-6-12-30(8-3)41-37-15-11-10-14-32(37)34-24-29(17-20-38(34)41)28-18-21-39-33(23-28)31(9-4)36(13-7-2)42(39)35-19-16-27(25-40)22-26(35)5/h6-24H,1,3-4H2,2,5H3/b13-7-,30-12+. The van der Waals surface area contributed by atoms with Gasteiger partial charge in [-0.05, 0) is 97.3 Å². The highest BCUT2D eigenvalue weighted by molar-refractivity contribution is 6.12. The molecule has 2 heterocycles. The van der Waals surface area contributed by atoms with E-state index in [9.17, 15) is 5.26 Å². The Morgan fingerprint density at radius 2 is 1.52 bits per heavy atom. The van der Waals surface area contributed by atoms with Gasteiger partial charge >= 0.3 is 0 Å². The molecule has 3 nitrogen and oxygen atoms in total. The van der Waals surface area contributed by atoms with Crippen molar-refractivity contribution in [2.75, 3.05) is 0 Å². The van der Waals surface area contributed by atoms with Crippen LogP contribution in [0.4, 0.5) is 0 Å². The molecule has 2 aromatic heterocycles. The van der Waals surface area contributed by atoms with Gasteiger partial charge in [-0.25, -0.2) is 0 Å². The van der Waals surface area contributed by atoms with Crippen LogP contribution in [0, 0.1) is 18.3 Å². The van der Waals surface area contributed by atoms with E-state index < -0.39 is 0 Å². The maximum atomic E-state index is 9.41. The van der Waals surface area contributed by atoms with E-state index in [1.54, 1.807) is 6.08 Å². The molecule has 0 saturated carbocycles. The molecule has 3 heteroatoms. The highest BCUT2D eigenvalue weighted by atomic mass is 15.0. The van der Waals surface area contributed by atoms with E-state index >= 15 is 0 Å². The van der Waals surface area contributed by atoms with Crippen molar-refractivity contribution in [1.29, 1.82) is 5.26 Å². The van der Waals surface area contributed by atoms with Gasteiger partial charge in [-0.2, -0.15) is 5.26 Å². The Bertz CT molecular complexity index is 2170. The van der Waals surface area contributed by atoms with Crippen molar-refractivity contribution in [3.63, 3.8) is 0 Å². The van der Waals surface area contributed by atoms with E-state index in [1.807, 2.05) is 43.4 Å². The van der Waals surface area contributed by atoms with Crippen molar-refractivity contribution in [2.24, 2.45) is 0 Å². The Morgan fingerprint density at radius 1 is 0.810 bits per heavy atom. The summed E-state index contributed by atoms with van der Waals surface area (Å²) in [4.78, 5) is 0. The number of hydrogen-bond donors (Lipinski definition) is 0. The molecule has 0 bridgehead atoms. The molecule has 0 spiro atoms. The van der Waals surface area contributed by atoms with Gasteiger partial charge in [-0.3, -0.25) is 0 Å². The summed E-state index contributed by atoms with van der Waals surface area (Å²) in [5.74, 6) is 0. The second kappa shape index (κ2) is 10.8. The van der Waals surface area contributed by atoms with Gasteiger partial charge in [0, 0.05) is 33.1 Å². The van der Waals surface area contributed by atoms with Crippen LogP contribution >= 0.6 is 0 Å². The second-order valence-electron chi connectivity index (χ2n) is 10.3. The van der Waals surface area contributed by atoms with Gasteiger partial charge < -0.3 is 9.13 Å². The summed E-state index contributed by atoms with van der Waals surface area (Å²) in [6.07, 6.45) is 11.8. The molecule has 6 aromatic rings. The summed E-state index contributed by atoms with van der Waals surface area (Å²) in [7, 11) is 0. The molecule has 0 atom stereocenters. The van der Waals surface area contributed by atoms with E-state index in [0.29, 0.717) is 5.56 Å². The smallest absolute Gasteiger partial charge is 0.0991 e. The van der Waals surface area contributed by atoms with Gasteiger partial charge in [-0.15, -0.1) is 0 Å². The molecular weight excluding hydrogens is 510 g/mol. The monoisotopic (exact) mass is 541 g/mol. The SMILES string of the molecule is C=C/C=C(\C=C)n1c2ccccc2c2cc(-c3ccc4c(c3)c(C=C)c(/C=C\C)n4-c3ccc(C#N)cc3C)ccc21. The first-order valence-corrected chi connectivity index (χ1v) is 14.0. The van der Waals surface area contributed by atoms with Crippen molar-refractivity contribution < 1.29 is 0 Å². The molecular formula is C39H31N3. The maximum Gasteiger partial charge on any atom is 0.0991 e. The number of aromatic nitrogens is 2. The largest absolute Gasteiger partial charge is 0.309 e. The van der Waals surface area contributed by atoms with E-state index in [1.165, 1.54) is 10.8 Å². The Kier molecular flexibility index (Phi) is 6.82. The summed E-state index contributed by atoms with van der Waals surface area (Å²) in [5, 5.41) is 12.9. The molecule has 202 valence electrons. The number of fused-ring (bicyclic) bond motifs is 4. The van der Waals surface area contributed by atoms with Crippen LogP contribution in [-0.4, -0.2) is 9.13 Å². The Morgan fingerprint density at radius 3 is 2.19 bits per heavy atom. The third-order valence-corrected chi connectivity index (χ3v) is 7.90. The molecule has 0 radical (unpaired) electrons. The molecule has 42 heavy (non-hydrogen) atoms. The minimum absolute atomic E-state index is 0.656. The lowest BCUT2D eigenvalue weighted by molar-refractivity contribution is 1.08. The van der Waals surface area contributed by atoms with Crippen LogP contribution in [0.25, 0.3) is 67.4 Å². The highest BCUT2D eigenvalue weighted by Gasteiger charge is 2.18. The maximum absolute atomic E-state index is 9.41. The molecule has 0 aliphatic carbocycles. The average Bonchev–Trinajstić information content (AvgIpc) is 3.51. The van der Waals surface area contributed by atoms with Gasteiger partial charge in [0.1, 0.15) is 0 Å². The average molecular weight is 542 g/mol. The third-order valence-electron chi connectivity index (χ3n) is 7.90. The predicted octanol–water partition coefficient (Wildman–Crippen LogP) is 10.5. The van der Waals surface area contributed by atoms with Crippen LogP contribution in [0.15, 0.2) is 123 Å². The van der Waals surface area contributed by atoms with E-state index in [0.717, 1.165) is 61.3 Å². The molecule has 0 N–H and O–H groups in total. The number of aryl methyl sites for hydroxylation is 1. The zero-order chi connectivity index (χ0) is 29.4. The fourth-order valence-corrected chi connectivity index (χ4v) is 6.07. The van der Waals surface area contributed by atoms with Crippen molar-refractivity contribution in [2.45, 2.75) is 13.8 Å². The van der Waals surface area contributed by atoms with Crippen LogP contribution in [0.5, 0.6) is 0 Å². The lowest BCUT2D eigenvalue weighted by atomic mass is 10.00. The van der Waals surface area contributed by atoms with Crippen LogP contribution < -0.4 is 0 Å². The Balaban J connectivity index is 1.59. The molecule has 0 unspecified atom stereocenters. The van der Waals surface area contributed by atoms with E-state index in [-0.39, 0.29) is 0 Å². The van der Waals surface area contributed by atoms with Crippen molar-refractivity contribution in [3.8, 4) is 22.9 Å². The van der Waals surface area contributed by atoms with Crippen molar-refractivity contribution in [3.05, 3.63) is 145 Å². The van der Waals surface area contributed by atoms with Crippen molar-refractivity contribution in [1.82, 2.24) is 9.13 Å². The van der Waals surface area contributed by atoms with E-state index in [4.69, 9.17) is 0 Å². The van der Waals surface area contributed by atoms with E-state index in [2.05, 4.69) is 115 Å². The highest BCUT2D eigenvalue weighted by Crippen LogP contribution is 2.38. The summed E-state index contributed by atoms with van der Waals surface area (Å²) in [6.45, 7) is 16.2. The normalized spacial score (nSPS) is 11.9. The summed E-state index contributed by atoms with van der Waals surface area (Å²) < 4.78 is 4.51. The molecule has 4 aromatic carbocycles. The topological polar surface area (TPSA) is 33.6 Å². The summed E-state index contributed by atoms with van der Waals surface area (Å²) in [5.41, 5.74) is 11.5. The number of allylic oxidation sites excluding steroid dienone is 5. The van der Waals surface area contributed by atoms with Gasteiger partial charge in [0.05, 0.1) is 33.9 Å². The van der Waals surface area contributed by atoms with Crippen LogP contribution in [-0.2, 0) is 0 Å². The van der Waals surface area contributed by atoms with Crippen LogP contribution in [0.1, 0.15) is 29.3 Å². The third kappa shape index (κ3) is 4.13. The number of rotatable bonds is 7. The fourth-order valence-electron chi connectivity index (χ4n) is 6.07. The zero-order valence-corrected chi connectivity index (χ0v) is 23.9. The summed E-state index contributed by atoms with van der Waals surface area (Å²) >= 11 is 0. The fraction of sp³-hybridized carbons (Fsp3) is 0.0513. The Hall–Kier alpha value is -5.59.